The van der Waals surface area contributed by atoms with Gasteiger partial charge in [-0.25, -0.2) is 0 Å². The molecule has 36 heteroatoms. The maximum atomic E-state index is 12.8. The van der Waals surface area contributed by atoms with Gasteiger partial charge >= 0.3 is 0 Å². The number of azide groups is 3. The summed E-state index contributed by atoms with van der Waals surface area (Å²) in [7, 11) is 0. The number of nitrogens with one attached hydrogen (secondary N) is 6. The van der Waals surface area contributed by atoms with Crippen molar-refractivity contribution in [2.45, 2.75) is 162 Å². The van der Waals surface area contributed by atoms with Gasteiger partial charge in [-0.2, -0.15) is 0 Å². The summed E-state index contributed by atoms with van der Waals surface area (Å²) in [5, 5.41) is 26.2. The van der Waals surface area contributed by atoms with E-state index >= 15 is 0 Å². The Hall–Kier alpha value is -6.72. The molecule has 0 unspecified atom stereocenters. The van der Waals surface area contributed by atoms with Gasteiger partial charge in [-0.05, 0) is 119 Å². The lowest BCUT2D eigenvalue weighted by molar-refractivity contribution is -0.131. The number of carbonyl (C=O) groups excluding carboxylic acids is 9. The highest BCUT2D eigenvalue weighted by molar-refractivity contribution is 5.90. The number of unbranched alkanes of at least 4 members (excludes halogenated alkanes) is 3. The summed E-state index contributed by atoms with van der Waals surface area (Å²) in [5.74, 6) is -2.11. The molecule has 0 saturated carbocycles. The summed E-state index contributed by atoms with van der Waals surface area (Å²) in [6, 6.07) is -1.83. The van der Waals surface area contributed by atoms with Crippen molar-refractivity contribution in [2.75, 3.05) is 178 Å². The Kier molecular flexibility index (Phi) is 76.4. The maximum Gasteiger partial charge on any atom is 0.246 e. The lowest BCUT2D eigenvalue weighted by Gasteiger charge is -2.18. The summed E-state index contributed by atoms with van der Waals surface area (Å²) in [6.45, 7) is 12.6. The number of nitrogens with two attached hydrogens (primary N) is 3. The van der Waals surface area contributed by atoms with E-state index in [1.54, 1.807) is 0 Å². The first kappa shape index (κ1) is 96.7. The zero-order valence-electron chi connectivity index (χ0n) is 57.2. The summed E-state index contributed by atoms with van der Waals surface area (Å²) in [4.78, 5) is 117. The molecule has 12 N–H and O–H groups in total. The van der Waals surface area contributed by atoms with E-state index < -0.39 is 24.0 Å². The van der Waals surface area contributed by atoms with Crippen molar-refractivity contribution in [3.05, 3.63) is 31.3 Å². The van der Waals surface area contributed by atoms with Crippen LogP contribution in [0.2, 0.25) is 0 Å². The molecule has 0 aliphatic rings. The first-order valence-electron chi connectivity index (χ1n) is 33.2. The molecule has 6 amide bonds. The van der Waals surface area contributed by atoms with Crippen molar-refractivity contribution < 1.29 is 85.8 Å². The van der Waals surface area contributed by atoms with E-state index in [1.807, 2.05) is 20.8 Å². The fourth-order valence-corrected chi connectivity index (χ4v) is 7.87. The molecular weight excluding hydrogens is 1270 g/mol. The van der Waals surface area contributed by atoms with E-state index in [9.17, 15) is 43.2 Å². The molecule has 0 aromatic heterocycles. The van der Waals surface area contributed by atoms with Crippen LogP contribution in [-0.2, 0) is 85.8 Å². The second kappa shape index (κ2) is 76.6. The third-order valence-corrected chi connectivity index (χ3v) is 12.5. The Morgan fingerprint density at radius 1 is 0.340 bits per heavy atom. The maximum absolute atomic E-state index is 12.8. The van der Waals surface area contributed by atoms with Gasteiger partial charge in [0, 0.05) is 126 Å². The molecule has 36 nitrogen and oxygen atoms in total. The molecule has 0 aromatic carbocycles. The normalized spacial score (nSPS) is 11.3. The molecule has 3 atom stereocenters. The van der Waals surface area contributed by atoms with Crippen LogP contribution in [0, 0.1) is 0 Å². The number of Topliss-reactive ketones (excluding diaryl/α,β-unsaturated/α-hetero) is 3. The highest BCUT2D eigenvalue weighted by Crippen LogP contribution is 2.10. The van der Waals surface area contributed by atoms with Crippen molar-refractivity contribution in [1.29, 1.82) is 0 Å². The Labute approximate surface area is 572 Å². The highest BCUT2D eigenvalue weighted by Gasteiger charge is 2.23. The van der Waals surface area contributed by atoms with Gasteiger partial charge in [0.1, 0.15) is 39.6 Å². The molecule has 0 aromatic rings. The van der Waals surface area contributed by atoms with Gasteiger partial charge in [-0.1, -0.05) is 43.5 Å². The third kappa shape index (κ3) is 70.4. The second-order valence-corrected chi connectivity index (χ2v) is 21.0. The number of nitrogens with zero attached hydrogens (tertiary/aromatic N) is 9. The number of ketones is 3. The fraction of sp³-hybridized carbons (Fsp3) is 0.852. The van der Waals surface area contributed by atoms with Gasteiger partial charge in [0.15, 0.2) is 17.3 Å². The van der Waals surface area contributed by atoms with E-state index in [-0.39, 0.29) is 166 Å². The monoisotopic (exact) mass is 1390 g/mol. The number of ether oxygens (including phenoxy) is 9. The molecule has 560 valence electrons. The molecule has 0 spiro atoms. The van der Waals surface area contributed by atoms with Gasteiger partial charge in [0.25, 0.3) is 0 Å². The fourth-order valence-electron chi connectivity index (χ4n) is 7.87. The van der Waals surface area contributed by atoms with E-state index in [1.165, 1.54) is 0 Å². The van der Waals surface area contributed by atoms with Crippen LogP contribution in [0.25, 0.3) is 31.3 Å². The molecule has 0 fully saturated rings. The standard InChI is InChI=1S/C24H45N7O8.C20H38N6O6.C16H31N5O4.CH4/c1-2-12-37-17-22(33)27-9-4-3-6-20(21(32)7-5-13-36-16-11-29-31-26)30-24(35)19-39-15-10-28-23(34)18-38-14-8-25;1-2-11-30-12-5-7-18(27)17(25-20(29)16-31-13-8-21)6-3-4-9-23-19(28)15-32-14-10-24-26-22;1-2-10-24-11-5-7-15(22)14(6-3-4-8-17)20-16(23)13-25-12-9-19-21-18;/h20H,2-19,25H2,1H3,(H,27,33)(H,28,34)(H,30,35);17H,2-16,21H2,1H3,(H,23,28)(H,25,29);14H,2-13,17H2,1H3,(H,20,23);1H4/t20-;17-;14-;/m000./s1. The zero-order chi connectivity index (χ0) is 71.6. The van der Waals surface area contributed by atoms with Gasteiger partial charge in [-0.3, -0.25) is 43.2 Å². The average molecular weight is 1390 g/mol. The van der Waals surface area contributed by atoms with Gasteiger partial charge in [0.2, 0.25) is 35.4 Å². The van der Waals surface area contributed by atoms with E-state index in [4.69, 9.17) is 76.4 Å². The van der Waals surface area contributed by atoms with Crippen LogP contribution in [0.15, 0.2) is 15.3 Å². The minimum atomic E-state index is -0.702. The predicted molar refractivity (Wildman–Crippen MR) is 363 cm³/mol. The molecular formula is C61H118N18O18. The average Bonchev–Trinajstić information content (AvgIpc) is 2.00. The minimum absolute atomic E-state index is 0. The quantitative estimate of drug-likeness (QED) is 0.0183. The summed E-state index contributed by atoms with van der Waals surface area (Å²) in [5.41, 5.74) is 40.6. The van der Waals surface area contributed by atoms with Gasteiger partial charge in [0.05, 0.1) is 57.8 Å². The molecule has 0 radical (unpaired) electrons. The van der Waals surface area contributed by atoms with Crippen LogP contribution < -0.4 is 49.1 Å². The predicted octanol–water partition coefficient (Wildman–Crippen LogP) is 3.14. The van der Waals surface area contributed by atoms with E-state index in [0.29, 0.717) is 149 Å². The largest absolute Gasteiger partial charge is 0.381 e. The Bertz CT molecular complexity index is 2180. The van der Waals surface area contributed by atoms with Crippen molar-refractivity contribution >= 4 is 52.8 Å². The van der Waals surface area contributed by atoms with Crippen LogP contribution in [0.3, 0.4) is 0 Å². The number of carbonyl (C=O) groups is 9. The molecule has 0 rings (SSSR count). The molecule has 97 heavy (non-hydrogen) atoms. The molecule has 0 heterocycles. The number of hydrogen-bond donors (Lipinski definition) is 9. The van der Waals surface area contributed by atoms with Gasteiger partial charge in [-0.15, -0.1) is 0 Å². The van der Waals surface area contributed by atoms with Crippen molar-refractivity contribution in [3.8, 4) is 0 Å². The highest BCUT2D eigenvalue weighted by atomic mass is 16.5. The summed E-state index contributed by atoms with van der Waals surface area (Å²) < 4.78 is 46.9. The van der Waals surface area contributed by atoms with Crippen LogP contribution >= 0.6 is 0 Å². The minimum Gasteiger partial charge on any atom is -0.381 e. The number of hydrogen-bond acceptors (Lipinski definition) is 24. The SMILES string of the molecule is C.CCCOCC(=O)NCCCC[C@H](NC(=O)COCCNC(=O)COCCN)C(=O)CCCOCCN=[N+]=[N-].CCCOCCCC(=O)[C@H](CCCCN)NC(=O)COCCN=[N+]=[N-].CCCOCCCC(=O)[C@H](CCCCNC(=O)COCCN=[N+]=[N-])NC(=O)COCCN. The summed E-state index contributed by atoms with van der Waals surface area (Å²) in [6.07, 6.45) is 10.9. The first-order chi connectivity index (χ1) is 46.6. The third-order valence-electron chi connectivity index (χ3n) is 12.5. The summed E-state index contributed by atoms with van der Waals surface area (Å²) >= 11 is 0. The van der Waals surface area contributed by atoms with Crippen LogP contribution in [-0.4, -0.2) is 249 Å². The van der Waals surface area contributed by atoms with Crippen LogP contribution in [0.1, 0.15) is 144 Å². The smallest absolute Gasteiger partial charge is 0.246 e. The number of amides is 6. The van der Waals surface area contributed by atoms with Crippen LogP contribution in [0.5, 0.6) is 0 Å². The topological polar surface area (TPSA) is 533 Å². The van der Waals surface area contributed by atoms with E-state index in [0.717, 1.165) is 32.1 Å². The molecule has 0 saturated heterocycles. The second-order valence-electron chi connectivity index (χ2n) is 21.0. The molecule has 0 bridgehead atoms. The lowest BCUT2D eigenvalue weighted by Crippen LogP contribution is -2.43. The van der Waals surface area contributed by atoms with Crippen molar-refractivity contribution in [2.24, 2.45) is 32.5 Å². The van der Waals surface area contributed by atoms with Crippen molar-refractivity contribution in [1.82, 2.24) is 31.9 Å². The Morgan fingerprint density at radius 2 is 0.629 bits per heavy atom. The zero-order valence-corrected chi connectivity index (χ0v) is 57.2. The lowest BCUT2D eigenvalue weighted by atomic mass is 10.0. The Morgan fingerprint density at radius 3 is 0.969 bits per heavy atom. The van der Waals surface area contributed by atoms with Gasteiger partial charge < -0.3 is 91.7 Å². The first-order valence-corrected chi connectivity index (χ1v) is 33.2. The van der Waals surface area contributed by atoms with Crippen molar-refractivity contribution in [3.63, 3.8) is 0 Å². The molecule has 0 aliphatic carbocycles. The molecule has 0 aliphatic heterocycles. The van der Waals surface area contributed by atoms with E-state index in [2.05, 4.69) is 62.0 Å². The Balaban J connectivity index is -0.000000681. The van der Waals surface area contributed by atoms with Crippen LogP contribution in [0.4, 0.5) is 0 Å². The number of rotatable bonds is 66.